The summed E-state index contributed by atoms with van der Waals surface area (Å²) in [4.78, 5) is 14.2. The number of aromatic hydroxyl groups is 1. The number of likely N-dealkylation sites (tertiary alicyclic amines) is 1. The Balaban J connectivity index is 1.99. The van der Waals surface area contributed by atoms with Crippen molar-refractivity contribution < 1.29 is 14.6 Å². The Hall–Kier alpha value is -1.75. The molecule has 0 spiro atoms. The third-order valence-corrected chi connectivity index (χ3v) is 3.99. The van der Waals surface area contributed by atoms with Crippen molar-refractivity contribution in [1.29, 1.82) is 0 Å². The molecule has 1 fully saturated rings. The van der Waals surface area contributed by atoms with Gasteiger partial charge in [-0.3, -0.25) is 10.1 Å². The molecule has 0 bridgehead atoms. The van der Waals surface area contributed by atoms with Crippen molar-refractivity contribution in [3.8, 4) is 11.5 Å². The van der Waals surface area contributed by atoms with Crippen LogP contribution < -0.4 is 10.1 Å². The van der Waals surface area contributed by atoms with Gasteiger partial charge < -0.3 is 14.7 Å². The maximum absolute atomic E-state index is 12.3. The maximum Gasteiger partial charge on any atom is 0.239 e. The second-order valence-corrected chi connectivity index (χ2v) is 5.57. The minimum Gasteiger partial charge on any atom is -0.507 e. The highest BCUT2D eigenvalue weighted by Crippen LogP contribution is 2.28. The van der Waals surface area contributed by atoms with Crippen molar-refractivity contribution in [3.05, 3.63) is 23.8 Å². The number of carbonyl (C=O) groups is 1. The molecule has 1 heterocycles. The monoisotopic (exact) mass is 292 g/mol. The normalized spacial score (nSPS) is 17.6. The summed E-state index contributed by atoms with van der Waals surface area (Å²) in [6.07, 6.45) is 2.18. The number of carbonyl (C=O) groups excluding carboxylic acids is 1. The molecule has 1 saturated heterocycles. The van der Waals surface area contributed by atoms with E-state index in [1.54, 1.807) is 19.2 Å². The van der Waals surface area contributed by atoms with Crippen LogP contribution in [0.25, 0.3) is 0 Å². The number of hydrogen-bond acceptors (Lipinski definition) is 4. The topological polar surface area (TPSA) is 61.8 Å². The van der Waals surface area contributed by atoms with Crippen LogP contribution in [-0.2, 0) is 4.79 Å². The van der Waals surface area contributed by atoms with Gasteiger partial charge in [-0.05, 0) is 32.8 Å². The predicted octanol–water partition coefficient (Wildman–Crippen LogP) is 2.06. The van der Waals surface area contributed by atoms with E-state index in [1.807, 2.05) is 24.8 Å². The van der Waals surface area contributed by atoms with Crippen LogP contribution in [0.5, 0.6) is 11.5 Å². The number of nitrogens with one attached hydrogen (secondary N) is 1. The van der Waals surface area contributed by atoms with E-state index in [9.17, 15) is 9.90 Å². The van der Waals surface area contributed by atoms with Gasteiger partial charge in [0.2, 0.25) is 5.91 Å². The average Bonchev–Trinajstić information content (AvgIpc) is 3.00. The first-order valence-corrected chi connectivity index (χ1v) is 7.44. The Morgan fingerprint density at radius 1 is 1.33 bits per heavy atom. The van der Waals surface area contributed by atoms with Gasteiger partial charge in [0.25, 0.3) is 0 Å². The van der Waals surface area contributed by atoms with E-state index >= 15 is 0 Å². The molecule has 2 N–H and O–H groups in total. The van der Waals surface area contributed by atoms with Crippen LogP contribution in [-0.4, -0.2) is 42.2 Å². The van der Waals surface area contributed by atoms with E-state index in [-0.39, 0.29) is 23.7 Å². The fourth-order valence-electron chi connectivity index (χ4n) is 2.76. The Kier molecular flexibility index (Phi) is 5.07. The number of methoxy groups -OCH3 is 1. The van der Waals surface area contributed by atoms with E-state index in [0.29, 0.717) is 5.75 Å². The number of phenolic OH excluding ortho intramolecular Hbond substituents is 1. The van der Waals surface area contributed by atoms with Crippen LogP contribution in [0.3, 0.4) is 0 Å². The fourth-order valence-corrected chi connectivity index (χ4v) is 2.76. The number of rotatable bonds is 5. The minimum absolute atomic E-state index is 0.113. The molecule has 0 radical (unpaired) electrons. The summed E-state index contributed by atoms with van der Waals surface area (Å²) < 4.78 is 5.08. The fraction of sp³-hybridized carbons (Fsp3) is 0.562. The van der Waals surface area contributed by atoms with E-state index in [2.05, 4.69) is 5.32 Å². The van der Waals surface area contributed by atoms with E-state index in [4.69, 9.17) is 4.74 Å². The molecule has 2 rings (SSSR count). The summed E-state index contributed by atoms with van der Waals surface area (Å²) >= 11 is 0. The van der Waals surface area contributed by atoms with Crippen LogP contribution in [0.4, 0.5) is 0 Å². The Morgan fingerprint density at radius 3 is 2.57 bits per heavy atom. The van der Waals surface area contributed by atoms with Crippen molar-refractivity contribution >= 4 is 5.91 Å². The number of hydrogen-bond donors (Lipinski definition) is 2. The molecule has 1 aromatic rings. The number of nitrogens with zero attached hydrogens (tertiary/aromatic N) is 1. The van der Waals surface area contributed by atoms with Gasteiger partial charge in [-0.1, -0.05) is 6.07 Å². The number of phenols is 1. The van der Waals surface area contributed by atoms with Gasteiger partial charge in [0.05, 0.1) is 13.2 Å². The molecular weight excluding hydrogens is 268 g/mol. The molecule has 5 heteroatoms. The van der Waals surface area contributed by atoms with Crippen molar-refractivity contribution in [2.75, 3.05) is 20.2 Å². The standard InChI is InChI=1S/C16H24N2O3/c1-11(14-7-6-13(21-3)10-15(14)19)17-12(2)16(20)18-8-4-5-9-18/h6-7,10-12,17,19H,4-5,8-9H2,1-3H3. The highest BCUT2D eigenvalue weighted by atomic mass is 16.5. The lowest BCUT2D eigenvalue weighted by molar-refractivity contribution is -0.132. The Labute approximate surface area is 125 Å². The molecule has 0 aromatic heterocycles. The van der Waals surface area contributed by atoms with E-state index in [1.165, 1.54) is 0 Å². The quantitative estimate of drug-likeness (QED) is 0.872. The van der Waals surface area contributed by atoms with Crippen LogP contribution in [0, 0.1) is 0 Å². The summed E-state index contributed by atoms with van der Waals surface area (Å²) in [5.74, 6) is 0.923. The Bertz CT molecular complexity index is 498. The third kappa shape index (κ3) is 3.67. The number of benzene rings is 1. The zero-order chi connectivity index (χ0) is 15.4. The smallest absolute Gasteiger partial charge is 0.239 e. The van der Waals surface area contributed by atoms with Gasteiger partial charge in [0.15, 0.2) is 0 Å². The lowest BCUT2D eigenvalue weighted by Crippen LogP contribution is -2.44. The van der Waals surface area contributed by atoms with Gasteiger partial charge >= 0.3 is 0 Å². The summed E-state index contributed by atoms with van der Waals surface area (Å²) in [5, 5.41) is 13.3. The molecule has 21 heavy (non-hydrogen) atoms. The third-order valence-electron chi connectivity index (χ3n) is 3.99. The van der Waals surface area contributed by atoms with Crippen molar-refractivity contribution in [2.24, 2.45) is 0 Å². The summed E-state index contributed by atoms with van der Waals surface area (Å²) in [5.41, 5.74) is 0.761. The zero-order valence-electron chi connectivity index (χ0n) is 12.9. The average molecular weight is 292 g/mol. The first-order valence-electron chi connectivity index (χ1n) is 7.44. The van der Waals surface area contributed by atoms with Crippen LogP contribution in [0.15, 0.2) is 18.2 Å². The molecule has 1 aromatic carbocycles. The van der Waals surface area contributed by atoms with E-state index < -0.39 is 0 Å². The summed E-state index contributed by atoms with van der Waals surface area (Å²) in [6.45, 7) is 5.52. The highest BCUT2D eigenvalue weighted by Gasteiger charge is 2.24. The highest BCUT2D eigenvalue weighted by molar-refractivity contribution is 5.81. The molecule has 1 aliphatic rings. The largest absolute Gasteiger partial charge is 0.507 e. The van der Waals surface area contributed by atoms with Crippen molar-refractivity contribution in [2.45, 2.75) is 38.8 Å². The molecule has 2 unspecified atom stereocenters. The zero-order valence-corrected chi connectivity index (χ0v) is 12.9. The summed E-state index contributed by atoms with van der Waals surface area (Å²) in [6, 6.07) is 4.83. The molecular formula is C16H24N2O3. The number of amides is 1. The van der Waals surface area contributed by atoms with Gasteiger partial charge in [-0.15, -0.1) is 0 Å². The predicted molar refractivity (Wildman–Crippen MR) is 81.5 cm³/mol. The van der Waals surface area contributed by atoms with Crippen LogP contribution in [0.2, 0.25) is 0 Å². The molecule has 5 nitrogen and oxygen atoms in total. The molecule has 2 atom stereocenters. The summed E-state index contributed by atoms with van der Waals surface area (Å²) in [7, 11) is 1.56. The second-order valence-electron chi connectivity index (χ2n) is 5.57. The van der Waals surface area contributed by atoms with Crippen molar-refractivity contribution in [1.82, 2.24) is 10.2 Å². The maximum atomic E-state index is 12.3. The van der Waals surface area contributed by atoms with Gasteiger partial charge in [0, 0.05) is 30.8 Å². The molecule has 0 aliphatic carbocycles. The van der Waals surface area contributed by atoms with Gasteiger partial charge in [-0.25, -0.2) is 0 Å². The molecule has 116 valence electrons. The first-order chi connectivity index (χ1) is 10.0. The molecule has 1 aliphatic heterocycles. The van der Waals surface area contributed by atoms with Crippen LogP contribution in [0.1, 0.15) is 38.3 Å². The molecule has 1 amide bonds. The van der Waals surface area contributed by atoms with E-state index in [0.717, 1.165) is 31.5 Å². The SMILES string of the molecule is COc1ccc(C(C)NC(C)C(=O)N2CCCC2)c(O)c1. The van der Waals surface area contributed by atoms with Gasteiger partial charge in [0.1, 0.15) is 11.5 Å². The number of ether oxygens (including phenoxy) is 1. The second kappa shape index (κ2) is 6.80. The first kappa shape index (κ1) is 15.6. The minimum atomic E-state index is -0.264. The molecule has 0 saturated carbocycles. The lowest BCUT2D eigenvalue weighted by atomic mass is 10.1. The van der Waals surface area contributed by atoms with Crippen molar-refractivity contribution in [3.63, 3.8) is 0 Å². The lowest BCUT2D eigenvalue weighted by Gasteiger charge is -2.24. The van der Waals surface area contributed by atoms with Gasteiger partial charge in [-0.2, -0.15) is 0 Å². The Morgan fingerprint density at radius 2 is 2.00 bits per heavy atom. The van der Waals surface area contributed by atoms with Crippen LogP contribution >= 0.6 is 0 Å².